The molecule has 1 saturated heterocycles. The highest BCUT2D eigenvalue weighted by Crippen LogP contribution is 2.38. The minimum Gasteiger partial charge on any atom is -0.360 e. The molecule has 0 bridgehead atoms. The Morgan fingerprint density at radius 1 is 1.24 bits per heavy atom. The standard InChI is InChI=1S/C17H20N4/c1-17(2)7-11(8-18-10-17)12-3-5-19-14-9-21-16-13(15(12)14)4-6-20-16/h3-6,9,11,18-19H,7-8,10H2,1-2H3. The first-order valence-electron chi connectivity index (χ1n) is 7.55. The van der Waals surface area contributed by atoms with Crippen molar-refractivity contribution in [1.82, 2.24) is 20.3 Å². The van der Waals surface area contributed by atoms with Gasteiger partial charge in [0.2, 0.25) is 0 Å². The van der Waals surface area contributed by atoms with Gasteiger partial charge in [0.15, 0.2) is 5.65 Å². The quantitative estimate of drug-likeness (QED) is 0.719. The van der Waals surface area contributed by atoms with Crippen LogP contribution in [0.2, 0.25) is 0 Å². The first-order chi connectivity index (χ1) is 10.1. The zero-order valence-corrected chi connectivity index (χ0v) is 12.5. The summed E-state index contributed by atoms with van der Waals surface area (Å²) in [6.45, 7) is 6.81. The van der Waals surface area contributed by atoms with Gasteiger partial charge in [-0.1, -0.05) is 13.8 Å². The van der Waals surface area contributed by atoms with Crippen molar-refractivity contribution in [1.29, 1.82) is 0 Å². The number of nitrogens with one attached hydrogen (secondary N) is 2. The molecule has 1 aliphatic heterocycles. The van der Waals surface area contributed by atoms with Crippen LogP contribution in [-0.4, -0.2) is 28.0 Å². The van der Waals surface area contributed by atoms with Crippen molar-refractivity contribution in [3.8, 4) is 0 Å². The van der Waals surface area contributed by atoms with E-state index < -0.39 is 0 Å². The van der Waals surface area contributed by atoms with E-state index in [1.54, 1.807) is 0 Å². The van der Waals surface area contributed by atoms with Crippen molar-refractivity contribution < 1.29 is 0 Å². The summed E-state index contributed by atoms with van der Waals surface area (Å²) in [4.78, 5) is 12.1. The topological polar surface area (TPSA) is 53.6 Å². The number of fused-ring (bicyclic) bond motifs is 3. The summed E-state index contributed by atoms with van der Waals surface area (Å²) in [7, 11) is 0. The van der Waals surface area contributed by atoms with Gasteiger partial charge in [0.1, 0.15) is 0 Å². The SMILES string of the molecule is CC1(C)CNCC(c2cc[nH]c3cnc4nccc4c23)C1. The first kappa shape index (κ1) is 12.8. The molecular weight excluding hydrogens is 260 g/mol. The van der Waals surface area contributed by atoms with Gasteiger partial charge in [-0.3, -0.25) is 0 Å². The van der Waals surface area contributed by atoms with Crippen LogP contribution in [0.4, 0.5) is 0 Å². The van der Waals surface area contributed by atoms with Crippen molar-refractivity contribution in [2.45, 2.75) is 26.2 Å². The molecule has 4 rings (SSSR count). The molecule has 4 heteroatoms. The van der Waals surface area contributed by atoms with E-state index in [2.05, 4.69) is 46.2 Å². The molecule has 1 fully saturated rings. The number of hydrogen-bond donors (Lipinski definition) is 2. The van der Waals surface area contributed by atoms with Gasteiger partial charge in [-0.05, 0) is 35.4 Å². The predicted molar refractivity (Wildman–Crippen MR) is 85.4 cm³/mol. The Bertz CT molecular complexity index is 803. The molecule has 0 saturated carbocycles. The number of aromatic nitrogens is 3. The third kappa shape index (κ3) is 2.10. The molecule has 0 spiro atoms. The maximum absolute atomic E-state index is 4.43. The van der Waals surface area contributed by atoms with Crippen LogP contribution >= 0.6 is 0 Å². The van der Waals surface area contributed by atoms with Crippen molar-refractivity contribution in [3.63, 3.8) is 0 Å². The van der Waals surface area contributed by atoms with Crippen LogP contribution in [-0.2, 0) is 0 Å². The number of hydrogen-bond acceptors (Lipinski definition) is 3. The van der Waals surface area contributed by atoms with Crippen LogP contribution in [0, 0.1) is 5.41 Å². The molecule has 108 valence electrons. The largest absolute Gasteiger partial charge is 0.360 e. The van der Waals surface area contributed by atoms with Gasteiger partial charge in [-0.15, -0.1) is 0 Å². The Balaban J connectivity index is 1.93. The molecule has 1 unspecified atom stereocenters. The summed E-state index contributed by atoms with van der Waals surface area (Å²) in [6, 6.07) is 4.30. The summed E-state index contributed by atoms with van der Waals surface area (Å²) in [5.41, 5.74) is 3.68. The van der Waals surface area contributed by atoms with E-state index in [0.29, 0.717) is 11.3 Å². The zero-order valence-electron chi connectivity index (χ0n) is 12.5. The van der Waals surface area contributed by atoms with Crippen LogP contribution in [0.25, 0.3) is 21.9 Å². The Morgan fingerprint density at radius 2 is 2.14 bits per heavy atom. The molecule has 0 amide bonds. The van der Waals surface area contributed by atoms with Crippen LogP contribution in [0.1, 0.15) is 31.7 Å². The number of rotatable bonds is 1. The molecule has 21 heavy (non-hydrogen) atoms. The van der Waals surface area contributed by atoms with E-state index >= 15 is 0 Å². The van der Waals surface area contributed by atoms with Gasteiger partial charge in [-0.25, -0.2) is 9.97 Å². The van der Waals surface area contributed by atoms with Crippen LogP contribution in [0.5, 0.6) is 0 Å². The molecule has 3 aromatic rings. The monoisotopic (exact) mass is 280 g/mol. The average Bonchev–Trinajstić information content (AvgIpc) is 2.94. The van der Waals surface area contributed by atoms with Gasteiger partial charge in [0.05, 0.1) is 11.7 Å². The lowest BCUT2D eigenvalue weighted by Gasteiger charge is -2.36. The number of nitrogens with zero attached hydrogens (tertiary/aromatic N) is 2. The highest BCUT2D eigenvalue weighted by atomic mass is 14.9. The predicted octanol–water partition coefficient (Wildman–Crippen LogP) is 3.21. The summed E-state index contributed by atoms with van der Waals surface area (Å²) in [6.07, 6.45) is 6.98. The third-order valence-electron chi connectivity index (χ3n) is 4.56. The van der Waals surface area contributed by atoms with Crippen molar-refractivity contribution in [3.05, 3.63) is 36.3 Å². The second-order valence-corrected chi connectivity index (χ2v) is 6.86. The third-order valence-corrected chi connectivity index (χ3v) is 4.56. The van der Waals surface area contributed by atoms with Crippen molar-refractivity contribution in [2.24, 2.45) is 5.41 Å². The van der Waals surface area contributed by atoms with E-state index in [1.807, 2.05) is 18.6 Å². The molecule has 0 aliphatic carbocycles. The highest BCUT2D eigenvalue weighted by molar-refractivity contribution is 6.05. The smallest absolute Gasteiger partial charge is 0.159 e. The maximum atomic E-state index is 4.43. The number of pyridine rings is 2. The van der Waals surface area contributed by atoms with E-state index in [-0.39, 0.29) is 0 Å². The second-order valence-electron chi connectivity index (χ2n) is 6.86. The first-order valence-corrected chi connectivity index (χ1v) is 7.55. The second kappa shape index (κ2) is 4.53. The summed E-state index contributed by atoms with van der Waals surface area (Å²) in [5.74, 6) is 0.534. The maximum Gasteiger partial charge on any atom is 0.159 e. The van der Waals surface area contributed by atoms with Gasteiger partial charge < -0.3 is 10.3 Å². The minimum atomic E-state index is 0.339. The van der Waals surface area contributed by atoms with E-state index in [9.17, 15) is 0 Å². The number of piperidine rings is 1. The van der Waals surface area contributed by atoms with E-state index in [0.717, 1.165) is 29.6 Å². The van der Waals surface area contributed by atoms with Crippen molar-refractivity contribution in [2.75, 3.05) is 13.1 Å². The molecule has 1 atom stereocenters. The lowest BCUT2D eigenvalue weighted by Crippen LogP contribution is -2.40. The minimum absolute atomic E-state index is 0.339. The fourth-order valence-electron chi connectivity index (χ4n) is 3.64. The van der Waals surface area contributed by atoms with E-state index in [4.69, 9.17) is 0 Å². The molecule has 4 nitrogen and oxygen atoms in total. The number of H-pyrrole nitrogens is 1. The molecule has 0 aromatic carbocycles. The molecular formula is C17H20N4. The molecule has 0 radical (unpaired) electrons. The van der Waals surface area contributed by atoms with E-state index in [1.165, 1.54) is 17.4 Å². The molecule has 2 N–H and O–H groups in total. The zero-order chi connectivity index (χ0) is 14.4. The normalized spacial score (nSPS) is 21.9. The van der Waals surface area contributed by atoms with Crippen molar-refractivity contribution >= 4 is 21.9 Å². The molecule has 3 aromatic heterocycles. The van der Waals surface area contributed by atoms with Gasteiger partial charge in [0.25, 0.3) is 0 Å². The Labute approximate surface area is 124 Å². The van der Waals surface area contributed by atoms with Gasteiger partial charge in [-0.2, -0.15) is 0 Å². The summed E-state index contributed by atoms with van der Waals surface area (Å²) >= 11 is 0. The number of aromatic amines is 1. The average molecular weight is 280 g/mol. The summed E-state index contributed by atoms with van der Waals surface area (Å²) in [5, 5.41) is 6.03. The van der Waals surface area contributed by atoms with Gasteiger partial charge >= 0.3 is 0 Å². The fraction of sp³-hybridized carbons (Fsp3) is 0.412. The highest BCUT2D eigenvalue weighted by Gasteiger charge is 2.29. The van der Waals surface area contributed by atoms with Crippen LogP contribution in [0.15, 0.2) is 30.7 Å². The van der Waals surface area contributed by atoms with Gasteiger partial charge in [0, 0.05) is 36.3 Å². The molecule has 1 aliphatic rings. The molecule has 4 heterocycles. The lowest BCUT2D eigenvalue weighted by atomic mass is 9.76. The summed E-state index contributed by atoms with van der Waals surface area (Å²) < 4.78 is 0. The lowest BCUT2D eigenvalue weighted by molar-refractivity contribution is 0.240. The Hall–Kier alpha value is -1.94. The van der Waals surface area contributed by atoms with Crippen LogP contribution < -0.4 is 5.32 Å². The Kier molecular flexibility index (Phi) is 2.76. The van der Waals surface area contributed by atoms with Crippen LogP contribution in [0.3, 0.4) is 0 Å². The Morgan fingerprint density at radius 3 is 3.00 bits per heavy atom. The fourth-order valence-corrected chi connectivity index (χ4v) is 3.64.